The van der Waals surface area contributed by atoms with Gasteiger partial charge in [-0.25, -0.2) is 13.4 Å². The molecule has 1 saturated heterocycles. The van der Waals surface area contributed by atoms with Gasteiger partial charge in [-0.15, -0.1) is 0 Å². The van der Waals surface area contributed by atoms with E-state index in [-0.39, 0.29) is 23.5 Å². The molecule has 186 valence electrons. The highest BCUT2D eigenvalue weighted by Crippen LogP contribution is 2.34. The van der Waals surface area contributed by atoms with Gasteiger partial charge in [0.15, 0.2) is 0 Å². The number of piperidine rings is 1. The summed E-state index contributed by atoms with van der Waals surface area (Å²) in [5.41, 5.74) is 1.54. The third-order valence-corrected chi connectivity index (χ3v) is 8.42. The fraction of sp³-hybridized carbons (Fsp3) is 0.346. The summed E-state index contributed by atoms with van der Waals surface area (Å²) in [5.74, 6) is 2.23. The summed E-state index contributed by atoms with van der Waals surface area (Å²) < 4.78 is 39.8. The molecule has 2 aromatic carbocycles. The first-order chi connectivity index (χ1) is 17.5. The van der Waals surface area contributed by atoms with Crippen LogP contribution in [0.5, 0.6) is 17.4 Å². The number of ether oxygens (including phenoxy) is 2. The van der Waals surface area contributed by atoms with Crippen molar-refractivity contribution in [1.82, 2.24) is 14.3 Å². The second-order valence-corrected chi connectivity index (χ2v) is 10.7. The zero-order valence-electron chi connectivity index (χ0n) is 20.1. The second-order valence-electron chi connectivity index (χ2n) is 8.78. The minimum absolute atomic E-state index is 0.000530. The lowest BCUT2D eigenvalue weighted by Crippen LogP contribution is -2.38. The Morgan fingerprint density at radius 3 is 2.39 bits per heavy atom. The number of benzene rings is 2. The first kappa shape index (κ1) is 24.0. The fourth-order valence-electron chi connectivity index (χ4n) is 4.55. The van der Waals surface area contributed by atoms with Crippen LogP contribution in [-0.2, 0) is 23.0 Å². The Morgan fingerprint density at radius 1 is 0.944 bits per heavy atom. The third-order valence-electron chi connectivity index (χ3n) is 6.51. The van der Waals surface area contributed by atoms with Crippen LogP contribution in [0.3, 0.4) is 0 Å². The number of anilines is 1. The molecule has 0 unspecified atom stereocenters. The molecule has 9 nitrogen and oxygen atoms in total. The predicted octanol–water partition coefficient (Wildman–Crippen LogP) is 3.89. The van der Waals surface area contributed by atoms with Crippen molar-refractivity contribution < 1.29 is 17.9 Å². The van der Waals surface area contributed by atoms with Gasteiger partial charge in [0.25, 0.3) is 0 Å². The van der Waals surface area contributed by atoms with Gasteiger partial charge in [-0.2, -0.15) is 14.6 Å². The number of rotatable bonds is 6. The Bertz CT molecular complexity index is 1400. The summed E-state index contributed by atoms with van der Waals surface area (Å²) in [6.07, 6.45) is 3.78. The molecule has 10 heteroatoms. The van der Waals surface area contributed by atoms with Crippen molar-refractivity contribution in [1.29, 1.82) is 5.26 Å². The maximum atomic E-state index is 13.5. The summed E-state index contributed by atoms with van der Waals surface area (Å²) in [7, 11) is -2.31. The van der Waals surface area contributed by atoms with E-state index in [2.05, 4.69) is 4.90 Å². The zero-order valence-corrected chi connectivity index (χ0v) is 20.9. The molecule has 0 bridgehead atoms. The molecule has 0 spiro atoms. The molecule has 5 rings (SSSR count). The van der Waals surface area contributed by atoms with Crippen molar-refractivity contribution in [3.63, 3.8) is 0 Å². The van der Waals surface area contributed by atoms with Gasteiger partial charge in [-0.1, -0.05) is 12.1 Å². The Morgan fingerprint density at radius 2 is 1.67 bits per heavy atom. The molecule has 0 aliphatic carbocycles. The highest BCUT2D eigenvalue weighted by molar-refractivity contribution is 7.89. The molecular weight excluding hydrogens is 478 g/mol. The summed E-state index contributed by atoms with van der Waals surface area (Å²) in [5, 5.41) is 9.45. The number of hydrogen-bond donors (Lipinski definition) is 0. The summed E-state index contributed by atoms with van der Waals surface area (Å²) in [6.45, 7) is 2.08. The largest absolute Gasteiger partial charge is 0.497 e. The summed E-state index contributed by atoms with van der Waals surface area (Å²) in [4.78, 5) is 11.8. The van der Waals surface area contributed by atoms with Crippen molar-refractivity contribution in [2.75, 3.05) is 31.6 Å². The summed E-state index contributed by atoms with van der Waals surface area (Å²) in [6, 6.07) is 15.4. The SMILES string of the molecule is COc1ccc(Oc2nc(N3CCCCC3)nc3c2CN(S(=O)(=O)c2ccccc2C#N)CC3)cc1. The lowest BCUT2D eigenvalue weighted by atomic mass is 10.1. The van der Waals surface area contributed by atoms with Crippen molar-refractivity contribution in [2.24, 2.45) is 0 Å². The van der Waals surface area contributed by atoms with Gasteiger partial charge in [-0.3, -0.25) is 0 Å². The van der Waals surface area contributed by atoms with Crippen molar-refractivity contribution in [2.45, 2.75) is 37.1 Å². The smallest absolute Gasteiger partial charge is 0.244 e. The molecular formula is C26H27N5O4S. The third kappa shape index (κ3) is 4.72. The van der Waals surface area contributed by atoms with E-state index in [1.165, 1.54) is 22.9 Å². The molecule has 2 aliphatic rings. The Balaban J connectivity index is 1.52. The van der Waals surface area contributed by atoms with Crippen molar-refractivity contribution in [3.8, 4) is 23.4 Å². The van der Waals surface area contributed by atoms with Gasteiger partial charge in [0, 0.05) is 32.6 Å². The molecule has 3 aromatic rings. The van der Waals surface area contributed by atoms with Crippen LogP contribution in [-0.4, -0.2) is 49.4 Å². The molecule has 1 aromatic heterocycles. The van der Waals surface area contributed by atoms with Gasteiger partial charge in [-0.05, 0) is 55.7 Å². The van der Waals surface area contributed by atoms with E-state index in [4.69, 9.17) is 19.4 Å². The molecule has 2 aliphatic heterocycles. The Labute approximate surface area is 211 Å². The monoisotopic (exact) mass is 505 g/mol. The fourth-order valence-corrected chi connectivity index (χ4v) is 6.10. The number of methoxy groups -OCH3 is 1. The lowest BCUT2D eigenvalue weighted by Gasteiger charge is -2.31. The maximum absolute atomic E-state index is 13.5. The minimum Gasteiger partial charge on any atom is -0.497 e. The topological polar surface area (TPSA) is 109 Å². The maximum Gasteiger partial charge on any atom is 0.244 e. The average molecular weight is 506 g/mol. The number of nitrogens with zero attached hydrogens (tertiary/aromatic N) is 5. The number of hydrogen-bond acceptors (Lipinski definition) is 8. The Kier molecular flexibility index (Phi) is 6.76. The van der Waals surface area contributed by atoms with Crippen molar-refractivity contribution in [3.05, 3.63) is 65.4 Å². The van der Waals surface area contributed by atoms with E-state index in [9.17, 15) is 13.7 Å². The van der Waals surface area contributed by atoms with E-state index < -0.39 is 10.0 Å². The van der Waals surface area contributed by atoms with Crippen LogP contribution in [0.15, 0.2) is 53.4 Å². The predicted molar refractivity (Wildman–Crippen MR) is 134 cm³/mol. The highest BCUT2D eigenvalue weighted by Gasteiger charge is 2.33. The Hall–Kier alpha value is -3.68. The van der Waals surface area contributed by atoms with E-state index in [1.807, 2.05) is 6.07 Å². The van der Waals surface area contributed by atoms with E-state index >= 15 is 0 Å². The first-order valence-electron chi connectivity index (χ1n) is 12.0. The quantitative estimate of drug-likeness (QED) is 0.497. The molecule has 0 N–H and O–H groups in total. The van der Waals surface area contributed by atoms with Crippen LogP contribution in [0.1, 0.15) is 36.1 Å². The van der Waals surface area contributed by atoms with Crippen LogP contribution in [0.4, 0.5) is 5.95 Å². The number of aromatic nitrogens is 2. The first-order valence-corrected chi connectivity index (χ1v) is 13.4. The molecule has 3 heterocycles. The van der Waals surface area contributed by atoms with Crippen LogP contribution in [0, 0.1) is 11.3 Å². The lowest BCUT2D eigenvalue weighted by molar-refractivity contribution is 0.368. The second kappa shape index (κ2) is 10.1. The van der Waals surface area contributed by atoms with Crippen LogP contribution in [0.2, 0.25) is 0 Å². The zero-order chi connectivity index (χ0) is 25.1. The average Bonchev–Trinajstić information content (AvgIpc) is 2.93. The number of nitriles is 1. The van der Waals surface area contributed by atoms with Crippen molar-refractivity contribution >= 4 is 16.0 Å². The van der Waals surface area contributed by atoms with Crippen LogP contribution < -0.4 is 14.4 Å². The highest BCUT2D eigenvalue weighted by atomic mass is 32.2. The van der Waals surface area contributed by atoms with E-state index in [0.29, 0.717) is 35.3 Å². The van der Waals surface area contributed by atoms with Gasteiger partial charge in [0.2, 0.25) is 21.9 Å². The van der Waals surface area contributed by atoms with Crippen LogP contribution >= 0.6 is 0 Å². The number of sulfonamides is 1. The molecule has 0 saturated carbocycles. The van der Waals surface area contributed by atoms with Crippen LogP contribution in [0.25, 0.3) is 0 Å². The van der Waals surface area contributed by atoms with Gasteiger partial charge in [0.1, 0.15) is 17.6 Å². The van der Waals surface area contributed by atoms with E-state index in [0.717, 1.165) is 31.6 Å². The van der Waals surface area contributed by atoms with E-state index in [1.54, 1.807) is 43.5 Å². The van der Waals surface area contributed by atoms with Gasteiger partial charge < -0.3 is 14.4 Å². The number of fused-ring (bicyclic) bond motifs is 1. The summed E-state index contributed by atoms with van der Waals surface area (Å²) >= 11 is 0. The van der Waals surface area contributed by atoms with Gasteiger partial charge in [0.05, 0.1) is 28.8 Å². The molecule has 0 amide bonds. The molecule has 0 atom stereocenters. The molecule has 36 heavy (non-hydrogen) atoms. The standard InChI is InChI=1S/C26H27N5O4S/c1-34-20-9-11-21(12-10-20)35-25-22-18-31(36(32,33)24-8-4-3-7-19(24)17-27)16-13-23(22)28-26(29-25)30-14-5-2-6-15-30/h3-4,7-12H,2,5-6,13-16,18H2,1H3. The normalized spacial score (nSPS) is 16.2. The molecule has 1 fully saturated rings. The molecule has 0 radical (unpaired) electrons. The minimum atomic E-state index is -3.90. The van der Waals surface area contributed by atoms with Gasteiger partial charge >= 0.3 is 0 Å².